The van der Waals surface area contributed by atoms with Gasteiger partial charge in [0.15, 0.2) is 0 Å². The van der Waals surface area contributed by atoms with Crippen molar-refractivity contribution in [2.45, 2.75) is 50.3 Å². The van der Waals surface area contributed by atoms with Crippen molar-refractivity contribution < 1.29 is 4.79 Å². The Bertz CT molecular complexity index is 293. The fraction of sp³-hybridized carbons (Fsp3) is 0.923. The molecular weight excluding hydrogens is 232 g/mol. The van der Waals surface area contributed by atoms with Crippen molar-refractivity contribution in [2.24, 2.45) is 11.7 Å². The normalized spacial score (nSPS) is 39.1. The number of carbonyl (C=O) groups is 1. The second-order valence-corrected chi connectivity index (χ2v) is 7.32. The Morgan fingerprint density at radius 1 is 1.47 bits per heavy atom. The van der Waals surface area contributed by atoms with Gasteiger partial charge in [0.05, 0.1) is 5.92 Å². The maximum Gasteiger partial charge on any atom is 0.227 e. The van der Waals surface area contributed by atoms with E-state index in [1.807, 2.05) is 16.7 Å². The molecule has 2 rings (SSSR count). The Balaban J connectivity index is 2.02. The van der Waals surface area contributed by atoms with Crippen molar-refractivity contribution in [3.8, 4) is 0 Å². The Morgan fingerprint density at radius 2 is 2.24 bits per heavy atom. The summed E-state index contributed by atoms with van der Waals surface area (Å²) in [5.74, 6) is 1.43. The van der Waals surface area contributed by atoms with Crippen molar-refractivity contribution in [1.29, 1.82) is 0 Å². The number of rotatable bonds is 1. The van der Waals surface area contributed by atoms with Crippen molar-refractivity contribution in [3.05, 3.63) is 0 Å². The maximum atomic E-state index is 12.6. The van der Waals surface area contributed by atoms with E-state index in [9.17, 15) is 4.79 Å². The molecule has 2 aliphatic rings. The lowest BCUT2D eigenvalue weighted by Gasteiger charge is -2.41. The number of hydrogen-bond donors (Lipinski definition) is 1. The highest BCUT2D eigenvalue weighted by molar-refractivity contribution is 7.99. The highest BCUT2D eigenvalue weighted by Gasteiger charge is 2.40. The van der Waals surface area contributed by atoms with Gasteiger partial charge in [-0.25, -0.2) is 0 Å². The van der Waals surface area contributed by atoms with Crippen LogP contribution in [0.15, 0.2) is 0 Å². The predicted molar refractivity (Wildman–Crippen MR) is 73.1 cm³/mol. The molecule has 0 spiro atoms. The minimum absolute atomic E-state index is 0.0477. The van der Waals surface area contributed by atoms with Gasteiger partial charge in [-0.1, -0.05) is 19.8 Å². The molecule has 3 nitrogen and oxygen atoms in total. The number of nitrogens with two attached hydrogens (primary N) is 1. The van der Waals surface area contributed by atoms with Crippen molar-refractivity contribution in [3.63, 3.8) is 0 Å². The van der Waals surface area contributed by atoms with Crippen molar-refractivity contribution in [1.82, 2.24) is 4.90 Å². The molecule has 1 aliphatic carbocycles. The van der Waals surface area contributed by atoms with Crippen LogP contribution >= 0.6 is 11.8 Å². The van der Waals surface area contributed by atoms with Gasteiger partial charge in [-0.15, -0.1) is 0 Å². The molecule has 4 heteroatoms. The lowest BCUT2D eigenvalue weighted by Crippen LogP contribution is -2.55. The molecule has 0 aromatic carbocycles. The number of amides is 1. The molecule has 98 valence electrons. The van der Waals surface area contributed by atoms with Crippen LogP contribution in [0.25, 0.3) is 0 Å². The third-order valence-electron chi connectivity index (χ3n) is 4.11. The summed E-state index contributed by atoms with van der Waals surface area (Å²) >= 11 is 1.96. The summed E-state index contributed by atoms with van der Waals surface area (Å²) in [4.78, 5) is 14.6. The van der Waals surface area contributed by atoms with Crippen LogP contribution in [0.1, 0.15) is 39.5 Å². The number of nitrogens with zero attached hydrogens (tertiary/aromatic N) is 1. The first-order valence-corrected chi connectivity index (χ1v) is 7.75. The van der Waals surface area contributed by atoms with Crippen LogP contribution in [-0.2, 0) is 4.79 Å². The lowest BCUT2D eigenvalue weighted by atomic mass is 9.74. The molecule has 0 bridgehead atoms. The topological polar surface area (TPSA) is 46.3 Å². The monoisotopic (exact) mass is 256 g/mol. The van der Waals surface area contributed by atoms with Gasteiger partial charge >= 0.3 is 0 Å². The van der Waals surface area contributed by atoms with Gasteiger partial charge in [0.2, 0.25) is 5.91 Å². The van der Waals surface area contributed by atoms with Gasteiger partial charge in [-0.05, 0) is 19.8 Å². The van der Waals surface area contributed by atoms with E-state index >= 15 is 0 Å². The fourth-order valence-electron chi connectivity index (χ4n) is 3.00. The lowest BCUT2D eigenvalue weighted by molar-refractivity contribution is -0.138. The zero-order valence-corrected chi connectivity index (χ0v) is 11.8. The molecule has 3 unspecified atom stereocenters. The molecule has 17 heavy (non-hydrogen) atoms. The predicted octanol–water partition coefficient (Wildman–Crippen LogP) is 1.86. The molecule has 0 aromatic rings. The first kappa shape index (κ1) is 13.2. The summed E-state index contributed by atoms with van der Waals surface area (Å²) < 4.78 is 0. The molecule has 1 heterocycles. The van der Waals surface area contributed by atoms with Crippen LogP contribution in [0.5, 0.6) is 0 Å². The molecular formula is C13H24N2OS. The van der Waals surface area contributed by atoms with E-state index in [2.05, 4.69) is 13.8 Å². The van der Waals surface area contributed by atoms with Crippen molar-refractivity contribution >= 4 is 17.7 Å². The third-order valence-corrected chi connectivity index (χ3v) is 5.24. The molecule has 1 saturated heterocycles. The average molecular weight is 256 g/mol. The van der Waals surface area contributed by atoms with Crippen LogP contribution in [0.3, 0.4) is 0 Å². The Hall–Kier alpha value is -0.220. The molecule has 3 atom stereocenters. The first-order valence-electron chi connectivity index (χ1n) is 6.70. The Kier molecular flexibility index (Phi) is 4.03. The van der Waals surface area contributed by atoms with E-state index in [0.29, 0.717) is 11.2 Å². The zero-order valence-electron chi connectivity index (χ0n) is 10.9. The summed E-state index contributed by atoms with van der Waals surface area (Å²) in [6, 6.07) is 0. The zero-order chi connectivity index (χ0) is 12.5. The SMILES string of the molecule is CC1CN(C(=O)C2CCCCC2(C)N)CCS1. The Morgan fingerprint density at radius 3 is 2.88 bits per heavy atom. The standard InChI is InChI=1S/C13H24N2OS/c1-10-9-15(7-8-17-10)12(16)11-5-3-4-6-13(11,2)14/h10-11H,3-9,14H2,1-2H3. The van der Waals surface area contributed by atoms with Gasteiger partial charge in [0.25, 0.3) is 0 Å². The number of hydrogen-bond acceptors (Lipinski definition) is 3. The fourth-order valence-corrected chi connectivity index (χ4v) is 4.02. The summed E-state index contributed by atoms with van der Waals surface area (Å²) in [6.07, 6.45) is 4.29. The minimum atomic E-state index is -0.289. The van der Waals surface area contributed by atoms with Crippen LogP contribution in [0, 0.1) is 5.92 Å². The largest absolute Gasteiger partial charge is 0.340 e. The van der Waals surface area contributed by atoms with E-state index in [4.69, 9.17) is 5.73 Å². The van der Waals surface area contributed by atoms with Gasteiger partial charge in [-0.3, -0.25) is 4.79 Å². The molecule has 2 fully saturated rings. The van der Waals surface area contributed by atoms with E-state index < -0.39 is 0 Å². The summed E-state index contributed by atoms with van der Waals surface area (Å²) in [5.41, 5.74) is 6.02. The van der Waals surface area contributed by atoms with E-state index in [-0.39, 0.29) is 11.5 Å². The third kappa shape index (κ3) is 2.97. The molecule has 0 aromatic heterocycles. The van der Waals surface area contributed by atoms with Gasteiger partial charge in [0, 0.05) is 29.6 Å². The summed E-state index contributed by atoms with van der Waals surface area (Å²) in [6.45, 7) is 6.06. The summed E-state index contributed by atoms with van der Waals surface area (Å²) in [7, 11) is 0. The quantitative estimate of drug-likeness (QED) is 0.779. The van der Waals surface area contributed by atoms with Crippen LogP contribution in [0.4, 0.5) is 0 Å². The van der Waals surface area contributed by atoms with Crippen LogP contribution in [-0.4, -0.2) is 40.4 Å². The van der Waals surface area contributed by atoms with E-state index in [1.54, 1.807) is 0 Å². The molecule has 2 N–H and O–H groups in total. The smallest absolute Gasteiger partial charge is 0.227 e. The number of carbonyl (C=O) groups excluding carboxylic acids is 1. The van der Waals surface area contributed by atoms with Crippen LogP contribution < -0.4 is 5.73 Å². The highest BCUT2D eigenvalue weighted by Crippen LogP contribution is 2.33. The second kappa shape index (κ2) is 5.19. The van der Waals surface area contributed by atoms with Crippen LogP contribution in [0.2, 0.25) is 0 Å². The van der Waals surface area contributed by atoms with Gasteiger partial charge < -0.3 is 10.6 Å². The maximum absolute atomic E-state index is 12.6. The van der Waals surface area contributed by atoms with Crippen molar-refractivity contribution in [2.75, 3.05) is 18.8 Å². The highest BCUT2D eigenvalue weighted by atomic mass is 32.2. The second-order valence-electron chi connectivity index (χ2n) is 5.77. The average Bonchev–Trinajstić information content (AvgIpc) is 2.27. The molecule has 1 amide bonds. The molecule has 1 saturated carbocycles. The van der Waals surface area contributed by atoms with Gasteiger partial charge in [-0.2, -0.15) is 11.8 Å². The van der Waals surface area contributed by atoms with E-state index in [1.165, 1.54) is 6.42 Å². The first-order chi connectivity index (χ1) is 8.00. The van der Waals surface area contributed by atoms with E-state index in [0.717, 1.165) is 38.1 Å². The minimum Gasteiger partial charge on any atom is -0.340 e. The number of thioether (sulfide) groups is 1. The molecule has 1 aliphatic heterocycles. The summed E-state index contributed by atoms with van der Waals surface area (Å²) in [5, 5.41) is 0.570. The van der Waals surface area contributed by atoms with Gasteiger partial charge in [0.1, 0.15) is 0 Å². The molecule has 0 radical (unpaired) electrons. The Labute approximate surface area is 108 Å².